The summed E-state index contributed by atoms with van der Waals surface area (Å²) in [5.74, 6) is 2.67. The van der Waals surface area contributed by atoms with Crippen LogP contribution < -0.4 is 4.90 Å². The normalized spacial score (nSPS) is 18.0. The molecule has 1 aromatic heterocycles. The molecule has 7 heteroatoms. The van der Waals surface area contributed by atoms with E-state index in [1.807, 2.05) is 6.92 Å². The molecule has 1 aromatic carbocycles. The predicted molar refractivity (Wildman–Crippen MR) is 121 cm³/mol. The second-order valence-electron chi connectivity index (χ2n) is 8.61. The van der Waals surface area contributed by atoms with Gasteiger partial charge in [-0.2, -0.15) is 4.31 Å². The van der Waals surface area contributed by atoms with Crippen molar-refractivity contribution in [3.05, 3.63) is 52.5 Å². The fraction of sp³-hybridized carbons (Fsp3) is 0.565. The molecular formula is C23H32N4O2S. The van der Waals surface area contributed by atoms with Crippen LogP contribution in [0.25, 0.3) is 0 Å². The number of piperazine rings is 1. The zero-order valence-electron chi connectivity index (χ0n) is 18.3. The van der Waals surface area contributed by atoms with Gasteiger partial charge in [-0.15, -0.1) is 0 Å². The molecule has 0 unspecified atom stereocenters. The van der Waals surface area contributed by atoms with Crippen molar-refractivity contribution in [1.29, 1.82) is 0 Å². The van der Waals surface area contributed by atoms with E-state index in [1.165, 1.54) is 24.0 Å². The van der Waals surface area contributed by atoms with Crippen molar-refractivity contribution < 1.29 is 8.42 Å². The molecule has 1 aliphatic heterocycles. The van der Waals surface area contributed by atoms with Crippen LogP contribution in [0.1, 0.15) is 60.3 Å². The van der Waals surface area contributed by atoms with Crippen molar-refractivity contribution in [3.63, 3.8) is 0 Å². The third kappa shape index (κ3) is 4.67. The Morgan fingerprint density at radius 1 is 1.00 bits per heavy atom. The molecule has 1 saturated carbocycles. The van der Waals surface area contributed by atoms with Crippen LogP contribution in [-0.4, -0.2) is 54.6 Å². The van der Waals surface area contributed by atoms with Crippen LogP contribution in [0.3, 0.4) is 0 Å². The van der Waals surface area contributed by atoms with Gasteiger partial charge in [0.2, 0.25) is 10.0 Å². The van der Waals surface area contributed by atoms with Crippen molar-refractivity contribution in [1.82, 2.24) is 14.3 Å². The van der Waals surface area contributed by atoms with Gasteiger partial charge in [0.25, 0.3) is 0 Å². The van der Waals surface area contributed by atoms with E-state index in [9.17, 15) is 8.42 Å². The first-order valence-electron chi connectivity index (χ1n) is 11.0. The van der Waals surface area contributed by atoms with Crippen molar-refractivity contribution >= 4 is 15.8 Å². The molecule has 4 rings (SSSR count). The van der Waals surface area contributed by atoms with Crippen molar-refractivity contribution in [2.75, 3.05) is 36.8 Å². The van der Waals surface area contributed by atoms with Crippen LogP contribution in [-0.2, 0) is 16.4 Å². The van der Waals surface area contributed by atoms with Gasteiger partial charge >= 0.3 is 0 Å². The first-order valence-corrected chi connectivity index (χ1v) is 12.6. The highest BCUT2D eigenvalue weighted by Gasteiger charge is 2.31. The fourth-order valence-corrected chi connectivity index (χ4v) is 5.56. The number of benzene rings is 1. The summed E-state index contributed by atoms with van der Waals surface area (Å²) in [6.07, 6.45) is 3.78. The maximum Gasteiger partial charge on any atom is 0.214 e. The van der Waals surface area contributed by atoms with Gasteiger partial charge < -0.3 is 4.90 Å². The Balaban J connectivity index is 1.60. The summed E-state index contributed by atoms with van der Waals surface area (Å²) < 4.78 is 26.5. The summed E-state index contributed by atoms with van der Waals surface area (Å²) >= 11 is 0. The van der Waals surface area contributed by atoms with Gasteiger partial charge in [-0.25, -0.2) is 18.4 Å². The molecule has 162 valence electrons. The summed E-state index contributed by atoms with van der Waals surface area (Å²) in [5, 5.41) is 0. The summed E-state index contributed by atoms with van der Waals surface area (Å²) in [4.78, 5) is 12.1. The minimum atomic E-state index is -3.15. The molecule has 0 spiro atoms. The third-order valence-corrected chi connectivity index (χ3v) is 8.12. The standard InChI is InChI=1S/C23H32N4O2S/c1-4-15-30(28,29)27-13-11-26(12-14-27)23-21(16-19-7-5-17(2)6-8-19)18(3)24-22(25-23)20-9-10-20/h5-8,20H,4,9-16H2,1-3H3. The molecule has 0 radical (unpaired) electrons. The van der Waals surface area contributed by atoms with Crippen LogP contribution in [0, 0.1) is 13.8 Å². The van der Waals surface area contributed by atoms with E-state index in [1.54, 1.807) is 4.31 Å². The van der Waals surface area contributed by atoms with Crippen molar-refractivity contribution in [3.8, 4) is 0 Å². The summed E-state index contributed by atoms with van der Waals surface area (Å²) in [7, 11) is -3.15. The highest BCUT2D eigenvalue weighted by Crippen LogP contribution is 2.39. The summed E-state index contributed by atoms with van der Waals surface area (Å²) in [5.41, 5.74) is 4.70. The van der Waals surface area contributed by atoms with Gasteiger partial charge in [0, 0.05) is 49.8 Å². The Hall–Kier alpha value is -1.99. The lowest BCUT2D eigenvalue weighted by molar-refractivity contribution is 0.383. The molecule has 2 aromatic rings. The van der Waals surface area contributed by atoms with E-state index < -0.39 is 10.0 Å². The SMILES string of the molecule is CCCS(=O)(=O)N1CCN(c2nc(C3CC3)nc(C)c2Cc2ccc(C)cc2)CC1. The Morgan fingerprint density at radius 3 is 2.27 bits per heavy atom. The van der Waals surface area contributed by atoms with Gasteiger partial charge in [-0.3, -0.25) is 0 Å². The Kier molecular flexibility index (Phi) is 6.11. The highest BCUT2D eigenvalue weighted by molar-refractivity contribution is 7.89. The van der Waals surface area contributed by atoms with Crippen LogP contribution in [0.2, 0.25) is 0 Å². The van der Waals surface area contributed by atoms with Gasteiger partial charge in [0.15, 0.2) is 0 Å². The smallest absolute Gasteiger partial charge is 0.214 e. The predicted octanol–water partition coefficient (Wildman–Crippen LogP) is 3.42. The molecule has 0 N–H and O–H groups in total. The lowest BCUT2D eigenvalue weighted by Crippen LogP contribution is -2.49. The van der Waals surface area contributed by atoms with E-state index in [0.717, 1.165) is 29.3 Å². The molecule has 1 aliphatic carbocycles. The number of rotatable bonds is 7. The van der Waals surface area contributed by atoms with Crippen molar-refractivity contribution in [2.24, 2.45) is 0 Å². The number of hydrogen-bond donors (Lipinski definition) is 0. The second-order valence-corrected chi connectivity index (χ2v) is 10.7. The van der Waals surface area contributed by atoms with Gasteiger partial charge in [-0.05, 0) is 38.7 Å². The van der Waals surface area contributed by atoms with Crippen LogP contribution in [0.5, 0.6) is 0 Å². The lowest BCUT2D eigenvalue weighted by Gasteiger charge is -2.36. The summed E-state index contributed by atoms with van der Waals surface area (Å²) in [6, 6.07) is 8.62. The Morgan fingerprint density at radius 2 is 1.67 bits per heavy atom. The van der Waals surface area contributed by atoms with Gasteiger partial charge in [0.05, 0.1) is 5.75 Å². The number of nitrogens with zero attached hydrogens (tertiary/aromatic N) is 4. The van der Waals surface area contributed by atoms with E-state index in [4.69, 9.17) is 9.97 Å². The van der Waals surface area contributed by atoms with E-state index in [2.05, 4.69) is 43.0 Å². The number of sulfonamides is 1. The van der Waals surface area contributed by atoms with Gasteiger partial charge in [-0.1, -0.05) is 36.8 Å². The quantitative estimate of drug-likeness (QED) is 0.676. The highest BCUT2D eigenvalue weighted by atomic mass is 32.2. The van der Waals surface area contributed by atoms with E-state index in [-0.39, 0.29) is 5.75 Å². The average molecular weight is 429 g/mol. The molecule has 1 saturated heterocycles. The second kappa shape index (κ2) is 8.63. The lowest BCUT2D eigenvalue weighted by atomic mass is 10.0. The monoisotopic (exact) mass is 428 g/mol. The van der Waals surface area contributed by atoms with Crippen LogP contribution >= 0.6 is 0 Å². The number of hydrogen-bond acceptors (Lipinski definition) is 5. The number of aryl methyl sites for hydroxylation is 2. The molecule has 0 atom stereocenters. The molecule has 30 heavy (non-hydrogen) atoms. The maximum absolute atomic E-state index is 12.5. The molecular weight excluding hydrogens is 396 g/mol. The Bertz CT molecular complexity index is 993. The molecule has 6 nitrogen and oxygen atoms in total. The maximum atomic E-state index is 12.5. The van der Waals surface area contributed by atoms with Crippen molar-refractivity contribution in [2.45, 2.75) is 52.4 Å². The fourth-order valence-electron chi connectivity index (χ4n) is 4.07. The molecule has 2 heterocycles. The van der Waals surface area contributed by atoms with E-state index in [0.29, 0.717) is 38.5 Å². The molecule has 0 amide bonds. The van der Waals surface area contributed by atoms with Crippen LogP contribution in [0.15, 0.2) is 24.3 Å². The molecule has 0 bridgehead atoms. The number of anilines is 1. The molecule has 2 fully saturated rings. The molecule has 2 aliphatic rings. The zero-order valence-corrected chi connectivity index (χ0v) is 19.1. The third-order valence-electron chi connectivity index (χ3n) is 6.05. The zero-order chi connectivity index (χ0) is 21.3. The van der Waals surface area contributed by atoms with E-state index >= 15 is 0 Å². The minimum absolute atomic E-state index is 0.226. The largest absolute Gasteiger partial charge is 0.354 e. The minimum Gasteiger partial charge on any atom is -0.354 e. The average Bonchev–Trinajstić information content (AvgIpc) is 3.56. The van der Waals surface area contributed by atoms with Crippen LogP contribution in [0.4, 0.5) is 5.82 Å². The number of aromatic nitrogens is 2. The Labute approximate surface area is 180 Å². The first-order chi connectivity index (χ1) is 14.4. The summed E-state index contributed by atoms with van der Waals surface area (Å²) in [6.45, 7) is 8.48. The first kappa shape index (κ1) is 21.2. The van der Waals surface area contributed by atoms with Gasteiger partial charge in [0.1, 0.15) is 11.6 Å². The topological polar surface area (TPSA) is 66.4 Å².